The smallest absolute Gasteiger partial charge is 0.347 e. The zero-order chi connectivity index (χ0) is 11.4. The first-order valence-electron chi connectivity index (χ1n) is 5.71. The standard InChI is InChI=1S/C11H16N2O2S/c14-10(15)9-7-12-11(16-9)13-8-5-3-1-2-4-6-8/h7-8H,1-6H2,(H,12,13)(H,14,15). The molecule has 1 aliphatic carbocycles. The molecular weight excluding hydrogens is 224 g/mol. The van der Waals surface area contributed by atoms with Crippen LogP contribution in [0.3, 0.4) is 0 Å². The molecule has 1 aromatic rings. The van der Waals surface area contributed by atoms with Crippen molar-refractivity contribution >= 4 is 22.4 Å². The quantitative estimate of drug-likeness (QED) is 0.797. The lowest BCUT2D eigenvalue weighted by molar-refractivity contribution is 0.0702. The van der Waals surface area contributed by atoms with Gasteiger partial charge in [-0.1, -0.05) is 37.0 Å². The fourth-order valence-electron chi connectivity index (χ4n) is 2.04. The lowest BCUT2D eigenvalue weighted by Crippen LogP contribution is -2.17. The fraction of sp³-hybridized carbons (Fsp3) is 0.636. The van der Waals surface area contributed by atoms with Crippen molar-refractivity contribution < 1.29 is 9.90 Å². The number of carboxylic acids is 1. The first-order valence-corrected chi connectivity index (χ1v) is 6.53. The first-order chi connectivity index (χ1) is 7.75. The van der Waals surface area contributed by atoms with Gasteiger partial charge in [0.2, 0.25) is 0 Å². The summed E-state index contributed by atoms with van der Waals surface area (Å²) in [7, 11) is 0. The van der Waals surface area contributed by atoms with Crippen molar-refractivity contribution in [2.45, 2.75) is 44.6 Å². The average molecular weight is 240 g/mol. The zero-order valence-electron chi connectivity index (χ0n) is 9.11. The molecule has 0 aromatic carbocycles. The highest BCUT2D eigenvalue weighted by Crippen LogP contribution is 2.24. The Labute approximate surface area is 98.7 Å². The summed E-state index contributed by atoms with van der Waals surface area (Å²) in [6.07, 6.45) is 8.91. The summed E-state index contributed by atoms with van der Waals surface area (Å²) in [4.78, 5) is 15.1. The molecule has 88 valence electrons. The van der Waals surface area contributed by atoms with E-state index in [1.807, 2.05) is 0 Å². The summed E-state index contributed by atoms with van der Waals surface area (Å²) in [5.74, 6) is -0.897. The van der Waals surface area contributed by atoms with Gasteiger partial charge in [0.15, 0.2) is 5.13 Å². The molecule has 4 nitrogen and oxygen atoms in total. The Morgan fingerprint density at radius 1 is 1.38 bits per heavy atom. The summed E-state index contributed by atoms with van der Waals surface area (Å²) in [6.45, 7) is 0. The van der Waals surface area contributed by atoms with E-state index in [2.05, 4.69) is 10.3 Å². The third-order valence-electron chi connectivity index (χ3n) is 2.90. The van der Waals surface area contributed by atoms with Crippen LogP contribution in [0.2, 0.25) is 0 Å². The highest BCUT2D eigenvalue weighted by Gasteiger charge is 2.14. The maximum Gasteiger partial charge on any atom is 0.347 e. The summed E-state index contributed by atoms with van der Waals surface area (Å²) in [5, 5.41) is 12.9. The molecule has 16 heavy (non-hydrogen) atoms. The fourth-order valence-corrected chi connectivity index (χ4v) is 2.77. The number of nitrogens with one attached hydrogen (secondary N) is 1. The van der Waals surface area contributed by atoms with Crippen molar-refractivity contribution in [3.05, 3.63) is 11.1 Å². The number of carboxylic acid groups (broad SMARTS) is 1. The van der Waals surface area contributed by atoms with Gasteiger partial charge >= 0.3 is 5.97 Å². The van der Waals surface area contributed by atoms with Gasteiger partial charge in [0.25, 0.3) is 0 Å². The van der Waals surface area contributed by atoms with E-state index >= 15 is 0 Å². The largest absolute Gasteiger partial charge is 0.477 e. The van der Waals surface area contributed by atoms with E-state index in [1.54, 1.807) is 0 Å². The summed E-state index contributed by atoms with van der Waals surface area (Å²) >= 11 is 1.22. The van der Waals surface area contributed by atoms with Gasteiger partial charge in [0.1, 0.15) is 4.88 Å². The molecule has 1 aromatic heterocycles. The van der Waals surface area contributed by atoms with Crippen molar-refractivity contribution in [3.63, 3.8) is 0 Å². The SMILES string of the molecule is O=C(O)c1cnc(NC2CCCCCC2)s1. The minimum atomic E-state index is -0.897. The van der Waals surface area contributed by atoms with Gasteiger partial charge < -0.3 is 10.4 Å². The van der Waals surface area contributed by atoms with Crippen LogP contribution in [0.5, 0.6) is 0 Å². The van der Waals surface area contributed by atoms with Crippen molar-refractivity contribution in [1.29, 1.82) is 0 Å². The van der Waals surface area contributed by atoms with E-state index < -0.39 is 5.97 Å². The minimum absolute atomic E-state index is 0.302. The second kappa shape index (κ2) is 5.30. The van der Waals surface area contributed by atoms with Crippen molar-refractivity contribution in [1.82, 2.24) is 4.98 Å². The number of thiazole rings is 1. The summed E-state index contributed by atoms with van der Waals surface area (Å²) in [5.41, 5.74) is 0. The Hall–Kier alpha value is -1.10. The lowest BCUT2D eigenvalue weighted by atomic mass is 10.1. The molecule has 1 saturated carbocycles. The maximum absolute atomic E-state index is 10.7. The predicted octanol–water partition coefficient (Wildman–Crippen LogP) is 2.98. The van der Waals surface area contributed by atoms with E-state index in [1.165, 1.54) is 56.1 Å². The van der Waals surface area contributed by atoms with E-state index in [4.69, 9.17) is 5.11 Å². The van der Waals surface area contributed by atoms with E-state index in [0.717, 1.165) is 5.13 Å². The van der Waals surface area contributed by atoms with Gasteiger partial charge in [0, 0.05) is 6.04 Å². The molecule has 0 saturated heterocycles. The molecule has 1 fully saturated rings. The molecule has 0 bridgehead atoms. The number of hydrogen-bond donors (Lipinski definition) is 2. The summed E-state index contributed by atoms with van der Waals surface area (Å²) in [6, 6.07) is 0.468. The van der Waals surface area contributed by atoms with E-state index in [9.17, 15) is 4.79 Å². The first kappa shape index (κ1) is 11.4. The Kier molecular flexibility index (Phi) is 3.77. The van der Waals surface area contributed by atoms with Crippen LogP contribution >= 0.6 is 11.3 Å². The second-order valence-electron chi connectivity index (χ2n) is 4.17. The molecule has 2 rings (SSSR count). The zero-order valence-corrected chi connectivity index (χ0v) is 9.92. The number of carbonyl (C=O) groups is 1. The van der Waals surface area contributed by atoms with Gasteiger partial charge in [-0.2, -0.15) is 0 Å². The number of aromatic nitrogens is 1. The highest BCUT2D eigenvalue weighted by molar-refractivity contribution is 7.17. The predicted molar refractivity (Wildman–Crippen MR) is 64.2 cm³/mol. The van der Waals surface area contributed by atoms with Crippen LogP contribution in [0.1, 0.15) is 48.2 Å². The van der Waals surface area contributed by atoms with Crippen LogP contribution in [-0.2, 0) is 0 Å². The third kappa shape index (κ3) is 2.95. The number of nitrogens with zero attached hydrogens (tertiary/aromatic N) is 1. The van der Waals surface area contributed by atoms with Crippen LogP contribution in [0.4, 0.5) is 5.13 Å². The average Bonchev–Trinajstić information content (AvgIpc) is 2.56. The Bertz CT molecular complexity index is 357. The molecule has 1 heterocycles. The van der Waals surface area contributed by atoms with Crippen molar-refractivity contribution in [2.24, 2.45) is 0 Å². The highest BCUT2D eigenvalue weighted by atomic mass is 32.1. The lowest BCUT2D eigenvalue weighted by Gasteiger charge is -2.14. The molecule has 2 N–H and O–H groups in total. The van der Waals surface area contributed by atoms with Crippen LogP contribution in [0, 0.1) is 0 Å². The molecule has 0 radical (unpaired) electrons. The number of anilines is 1. The molecule has 5 heteroatoms. The van der Waals surface area contributed by atoms with Gasteiger partial charge in [-0.05, 0) is 12.8 Å². The van der Waals surface area contributed by atoms with Gasteiger partial charge in [-0.25, -0.2) is 9.78 Å². The molecule has 0 aliphatic heterocycles. The normalized spacial score (nSPS) is 18.0. The van der Waals surface area contributed by atoms with E-state index in [-0.39, 0.29) is 0 Å². The molecule has 0 amide bonds. The Morgan fingerprint density at radius 3 is 2.62 bits per heavy atom. The molecule has 1 aliphatic rings. The molecule has 0 spiro atoms. The van der Waals surface area contributed by atoms with Gasteiger partial charge in [-0.15, -0.1) is 0 Å². The van der Waals surface area contributed by atoms with Crippen LogP contribution in [0.25, 0.3) is 0 Å². The molecule has 0 unspecified atom stereocenters. The summed E-state index contributed by atoms with van der Waals surface area (Å²) < 4.78 is 0. The second-order valence-corrected chi connectivity index (χ2v) is 5.20. The number of aromatic carboxylic acids is 1. The minimum Gasteiger partial charge on any atom is -0.477 e. The van der Waals surface area contributed by atoms with Crippen LogP contribution < -0.4 is 5.32 Å². The topological polar surface area (TPSA) is 62.2 Å². The van der Waals surface area contributed by atoms with E-state index in [0.29, 0.717) is 10.9 Å². The van der Waals surface area contributed by atoms with Gasteiger partial charge in [-0.3, -0.25) is 0 Å². The molecule has 0 atom stereocenters. The van der Waals surface area contributed by atoms with Crippen molar-refractivity contribution in [3.8, 4) is 0 Å². The molecular formula is C11H16N2O2S. The Balaban J connectivity index is 1.94. The number of rotatable bonds is 3. The third-order valence-corrected chi connectivity index (χ3v) is 3.82. The van der Waals surface area contributed by atoms with Crippen LogP contribution in [0.15, 0.2) is 6.20 Å². The Morgan fingerprint density at radius 2 is 2.06 bits per heavy atom. The number of hydrogen-bond acceptors (Lipinski definition) is 4. The maximum atomic E-state index is 10.7. The van der Waals surface area contributed by atoms with Crippen molar-refractivity contribution in [2.75, 3.05) is 5.32 Å². The van der Waals surface area contributed by atoms with Crippen LogP contribution in [-0.4, -0.2) is 22.1 Å². The monoisotopic (exact) mass is 240 g/mol. The van der Waals surface area contributed by atoms with Gasteiger partial charge in [0.05, 0.1) is 6.20 Å².